The summed E-state index contributed by atoms with van der Waals surface area (Å²) in [6, 6.07) is 0. The van der Waals surface area contributed by atoms with Crippen molar-refractivity contribution < 1.29 is 19.1 Å². The highest BCUT2D eigenvalue weighted by molar-refractivity contribution is 5.85. The third-order valence-corrected chi connectivity index (χ3v) is 2.51. The lowest BCUT2D eigenvalue weighted by Gasteiger charge is -2.17. The molecule has 0 aromatic carbocycles. The average molecular weight is 258 g/mol. The standard InChI is InChI=1S/C14H26O4/c1-13(2,3)11(15)9-17-7-8-18-10-12(16)14(4,5)6/h7-10H2,1-6H3. The topological polar surface area (TPSA) is 52.6 Å². The average Bonchev–Trinajstić information content (AvgIpc) is 2.19. The quantitative estimate of drug-likeness (QED) is 0.657. The maximum atomic E-state index is 11.5. The highest BCUT2D eigenvalue weighted by Gasteiger charge is 2.21. The largest absolute Gasteiger partial charge is 0.371 e. The summed E-state index contributed by atoms with van der Waals surface area (Å²) in [5.74, 6) is 0.126. The molecule has 0 heterocycles. The third kappa shape index (κ3) is 7.56. The Morgan fingerprint density at radius 3 is 1.22 bits per heavy atom. The van der Waals surface area contributed by atoms with Gasteiger partial charge in [-0.15, -0.1) is 0 Å². The van der Waals surface area contributed by atoms with E-state index in [0.717, 1.165) is 0 Å². The van der Waals surface area contributed by atoms with Crippen molar-refractivity contribution in [2.75, 3.05) is 26.4 Å². The van der Waals surface area contributed by atoms with Crippen molar-refractivity contribution in [2.45, 2.75) is 41.5 Å². The SMILES string of the molecule is CC(C)(C)C(=O)COCCOCC(=O)C(C)(C)C. The van der Waals surface area contributed by atoms with E-state index in [0.29, 0.717) is 13.2 Å². The maximum Gasteiger partial charge on any atom is 0.163 e. The second kappa shape index (κ2) is 7.00. The number of Topliss-reactive ketones (excluding diaryl/α,β-unsaturated/α-hetero) is 2. The van der Waals surface area contributed by atoms with Gasteiger partial charge in [-0.25, -0.2) is 0 Å². The molecule has 0 rings (SSSR count). The molecule has 18 heavy (non-hydrogen) atoms. The number of carbonyl (C=O) groups is 2. The first kappa shape index (κ1) is 17.3. The van der Waals surface area contributed by atoms with Crippen LogP contribution < -0.4 is 0 Å². The van der Waals surface area contributed by atoms with Gasteiger partial charge in [0, 0.05) is 10.8 Å². The van der Waals surface area contributed by atoms with E-state index in [4.69, 9.17) is 9.47 Å². The fraction of sp³-hybridized carbons (Fsp3) is 0.857. The maximum absolute atomic E-state index is 11.5. The summed E-state index contributed by atoms with van der Waals surface area (Å²) in [6.07, 6.45) is 0. The van der Waals surface area contributed by atoms with Crippen LogP contribution in [0.15, 0.2) is 0 Å². The highest BCUT2D eigenvalue weighted by atomic mass is 16.5. The minimum atomic E-state index is -0.372. The molecule has 0 atom stereocenters. The number of rotatable bonds is 7. The van der Waals surface area contributed by atoms with Gasteiger partial charge in [0.2, 0.25) is 0 Å². The van der Waals surface area contributed by atoms with Crippen molar-refractivity contribution in [2.24, 2.45) is 10.8 Å². The van der Waals surface area contributed by atoms with E-state index in [9.17, 15) is 9.59 Å². The summed E-state index contributed by atoms with van der Waals surface area (Å²) in [5, 5.41) is 0. The van der Waals surface area contributed by atoms with Crippen LogP contribution in [0.25, 0.3) is 0 Å². The van der Waals surface area contributed by atoms with Crippen LogP contribution in [0.5, 0.6) is 0 Å². The normalized spacial score (nSPS) is 12.6. The fourth-order valence-electron chi connectivity index (χ4n) is 0.881. The third-order valence-electron chi connectivity index (χ3n) is 2.51. The molecule has 0 N–H and O–H groups in total. The van der Waals surface area contributed by atoms with Crippen LogP contribution >= 0.6 is 0 Å². The summed E-state index contributed by atoms with van der Waals surface area (Å²) >= 11 is 0. The second-order valence-electron chi connectivity index (χ2n) is 6.45. The molecule has 0 aromatic heterocycles. The Kier molecular flexibility index (Phi) is 6.71. The molecule has 0 aliphatic heterocycles. The summed E-state index contributed by atoms with van der Waals surface area (Å²) in [7, 11) is 0. The first-order valence-corrected chi connectivity index (χ1v) is 6.27. The van der Waals surface area contributed by atoms with Crippen molar-refractivity contribution in [3.63, 3.8) is 0 Å². The summed E-state index contributed by atoms with van der Waals surface area (Å²) in [4.78, 5) is 23.0. The van der Waals surface area contributed by atoms with E-state index in [1.165, 1.54) is 0 Å². The Hall–Kier alpha value is -0.740. The molecule has 0 bridgehead atoms. The molecule has 4 nitrogen and oxygen atoms in total. The van der Waals surface area contributed by atoms with Gasteiger partial charge < -0.3 is 9.47 Å². The molecule has 0 unspecified atom stereocenters. The van der Waals surface area contributed by atoms with Gasteiger partial charge >= 0.3 is 0 Å². The molecule has 0 saturated carbocycles. The zero-order valence-electron chi connectivity index (χ0n) is 12.5. The lowest BCUT2D eigenvalue weighted by molar-refractivity contribution is -0.134. The Morgan fingerprint density at radius 2 is 1.00 bits per heavy atom. The number of carbonyl (C=O) groups excluding carboxylic acids is 2. The zero-order chi connectivity index (χ0) is 14.4. The van der Waals surface area contributed by atoms with Crippen LogP contribution in [0.2, 0.25) is 0 Å². The van der Waals surface area contributed by atoms with Crippen molar-refractivity contribution in [3.8, 4) is 0 Å². The minimum absolute atomic E-state index is 0.0632. The molecular formula is C14H26O4. The van der Waals surface area contributed by atoms with Crippen LogP contribution in [0, 0.1) is 10.8 Å². The molecule has 0 amide bonds. The fourth-order valence-corrected chi connectivity index (χ4v) is 0.881. The zero-order valence-corrected chi connectivity index (χ0v) is 12.5. The van der Waals surface area contributed by atoms with E-state index < -0.39 is 0 Å². The van der Waals surface area contributed by atoms with Gasteiger partial charge in [-0.05, 0) is 0 Å². The highest BCUT2D eigenvalue weighted by Crippen LogP contribution is 2.15. The number of ketones is 2. The van der Waals surface area contributed by atoms with Gasteiger partial charge in [0.1, 0.15) is 13.2 Å². The first-order valence-electron chi connectivity index (χ1n) is 6.27. The molecule has 106 valence electrons. The molecule has 0 spiro atoms. The Balaban J connectivity index is 3.60. The Morgan fingerprint density at radius 1 is 0.722 bits per heavy atom. The van der Waals surface area contributed by atoms with Gasteiger partial charge in [0.15, 0.2) is 11.6 Å². The van der Waals surface area contributed by atoms with Gasteiger partial charge in [-0.2, -0.15) is 0 Å². The molecule has 0 radical (unpaired) electrons. The molecular weight excluding hydrogens is 232 g/mol. The van der Waals surface area contributed by atoms with Crippen LogP contribution in [0.3, 0.4) is 0 Å². The van der Waals surface area contributed by atoms with E-state index in [1.807, 2.05) is 41.5 Å². The van der Waals surface area contributed by atoms with Crippen LogP contribution in [0.4, 0.5) is 0 Å². The number of ether oxygens (including phenoxy) is 2. The van der Waals surface area contributed by atoms with E-state index in [2.05, 4.69) is 0 Å². The smallest absolute Gasteiger partial charge is 0.163 e. The number of hydrogen-bond donors (Lipinski definition) is 0. The van der Waals surface area contributed by atoms with Gasteiger partial charge in [-0.3, -0.25) is 9.59 Å². The van der Waals surface area contributed by atoms with E-state index in [-0.39, 0.29) is 35.6 Å². The van der Waals surface area contributed by atoms with Crippen molar-refractivity contribution in [3.05, 3.63) is 0 Å². The molecule has 4 heteroatoms. The van der Waals surface area contributed by atoms with Crippen molar-refractivity contribution in [1.29, 1.82) is 0 Å². The minimum Gasteiger partial charge on any atom is -0.371 e. The van der Waals surface area contributed by atoms with E-state index >= 15 is 0 Å². The van der Waals surface area contributed by atoms with Crippen LogP contribution in [-0.4, -0.2) is 38.0 Å². The molecule has 0 aliphatic rings. The summed E-state index contributed by atoms with van der Waals surface area (Å²) < 4.78 is 10.4. The molecule has 0 fully saturated rings. The lowest BCUT2D eigenvalue weighted by Crippen LogP contribution is -2.27. The van der Waals surface area contributed by atoms with Crippen molar-refractivity contribution in [1.82, 2.24) is 0 Å². The first-order chi connectivity index (χ1) is 8.05. The van der Waals surface area contributed by atoms with Crippen molar-refractivity contribution >= 4 is 11.6 Å². The monoisotopic (exact) mass is 258 g/mol. The van der Waals surface area contributed by atoms with Crippen LogP contribution in [0.1, 0.15) is 41.5 Å². The Labute approximate surface area is 110 Å². The van der Waals surface area contributed by atoms with Gasteiger partial charge in [-0.1, -0.05) is 41.5 Å². The lowest BCUT2D eigenvalue weighted by atomic mass is 9.91. The molecule has 0 saturated heterocycles. The predicted molar refractivity (Wildman–Crippen MR) is 70.6 cm³/mol. The Bertz CT molecular complexity index is 251. The predicted octanol–water partition coefficient (Wildman–Crippen LogP) is 2.25. The van der Waals surface area contributed by atoms with Crippen LogP contribution in [-0.2, 0) is 19.1 Å². The molecule has 0 aliphatic carbocycles. The molecule has 0 aromatic rings. The summed E-state index contributed by atoms with van der Waals surface area (Å²) in [6.45, 7) is 12.0. The van der Waals surface area contributed by atoms with E-state index in [1.54, 1.807) is 0 Å². The van der Waals surface area contributed by atoms with Gasteiger partial charge in [0.25, 0.3) is 0 Å². The van der Waals surface area contributed by atoms with Gasteiger partial charge in [0.05, 0.1) is 13.2 Å². The second-order valence-corrected chi connectivity index (χ2v) is 6.45. The summed E-state index contributed by atoms with van der Waals surface area (Å²) in [5.41, 5.74) is -0.744. The number of hydrogen-bond acceptors (Lipinski definition) is 4.